The summed E-state index contributed by atoms with van der Waals surface area (Å²) in [5, 5.41) is 4.12. The first-order valence-corrected chi connectivity index (χ1v) is 8.49. The predicted molar refractivity (Wildman–Crippen MR) is 90.6 cm³/mol. The van der Waals surface area contributed by atoms with Crippen LogP contribution in [0.4, 0.5) is 0 Å². The van der Waals surface area contributed by atoms with Gasteiger partial charge in [-0.3, -0.25) is 4.79 Å². The normalized spacial score (nSPS) is 25.4. The Morgan fingerprint density at radius 1 is 1.28 bits per heavy atom. The molecule has 0 saturated carbocycles. The molecule has 2 aliphatic heterocycles. The molecule has 132 valence electrons. The summed E-state index contributed by atoms with van der Waals surface area (Å²) in [6.07, 6.45) is 3.91. The monoisotopic (exact) mass is 342 g/mol. The van der Waals surface area contributed by atoms with Gasteiger partial charge in [-0.15, -0.1) is 0 Å². The number of ether oxygens (including phenoxy) is 2. The van der Waals surface area contributed by atoms with Crippen LogP contribution >= 0.6 is 0 Å². The van der Waals surface area contributed by atoms with Gasteiger partial charge in [-0.1, -0.05) is 6.07 Å². The number of carbonyl (C=O) groups is 1. The number of hydrogen-bond donors (Lipinski definition) is 0. The molecule has 2 aliphatic rings. The average molecular weight is 342 g/mol. The molecule has 25 heavy (non-hydrogen) atoms. The lowest BCUT2D eigenvalue weighted by molar-refractivity contribution is -0.186. The van der Waals surface area contributed by atoms with Crippen molar-refractivity contribution in [1.82, 2.24) is 19.7 Å². The third-order valence-corrected chi connectivity index (χ3v) is 4.67. The van der Waals surface area contributed by atoms with E-state index in [2.05, 4.69) is 10.1 Å². The van der Waals surface area contributed by atoms with Crippen molar-refractivity contribution in [3.8, 4) is 5.69 Å². The van der Waals surface area contributed by atoms with Gasteiger partial charge >= 0.3 is 0 Å². The van der Waals surface area contributed by atoms with Crippen molar-refractivity contribution >= 4 is 5.91 Å². The zero-order chi connectivity index (χ0) is 17.5. The second-order valence-corrected chi connectivity index (χ2v) is 7.40. The predicted octanol–water partition coefficient (Wildman–Crippen LogP) is 1.68. The molecule has 2 saturated heterocycles. The van der Waals surface area contributed by atoms with Crippen LogP contribution in [0.25, 0.3) is 5.69 Å². The molecule has 7 heteroatoms. The molecule has 0 aliphatic carbocycles. The number of carbonyl (C=O) groups excluding carboxylic acids is 1. The molecule has 2 aromatic rings. The first-order valence-electron chi connectivity index (χ1n) is 8.49. The Balaban J connectivity index is 1.61. The van der Waals surface area contributed by atoms with Crippen molar-refractivity contribution in [3.05, 3.63) is 42.5 Å². The molecule has 0 N–H and O–H groups in total. The van der Waals surface area contributed by atoms with Crippen LogP contribution in [-0.4, -0.2) is 63.1 Å². The maximum absolute atomic E-state index is 13.1. The topological polar surface area (TPSA) is 69.5 Å². The zero-order valence-electron chi connectivity index (χ0n) is 14.5. The van der Waals surface area contributed by atoms with Gasteiger partial charge in [-0.25, -0.2) is 9.67 Å². The van der Waals surface area contributed by atoms with E-state index in [-0.39, 0.29) is 11.5 Å². The van der Waals surface area contributed by atoms with Crippen LogP contribution in [0.15, 0.2) is 36.9 Å². The van der Waals surface area contributed by atoms with Crippen LogP contribution in [-0.2, 0) is 9.47 Å². The summed E-state index contributed by atoms with van der Waals surface area (Å²) in [6, 6.07) is 7.45. The summed E-state index contributed by atoms with van der Waals surface area (Å²) >= 11 is 0. The van der Waals surface area contributed by atoms with E-state index in [1.165, 1.54) is 6.33 Å². The minimum atomic E-state index is -0.398. The highest BCUT2D eigenvalue weighted by molar-refractivity contribution is 5.95. The fraction of sp³-hybridized carbons (Fsp3) is 0.500. The Bertz CT molecular complexity index is 766. The smallest absolute Gasteiger partial charge is 0.254 e. The van der Waals surface area contributed by atoms with Gasteiger partial charge in [0.05, 0.1) is 24.4 Å². The van der Waals surface area contributed by atoms with E-state index in [0.717, 1.165) is 12.1 Å². The Labute approximate surface area is 146 Å². The van der Waals surface area contributed by atoms with E-state index in [1.807, 2.05) is 43.0 Å². The molecule has 2 fully saturated rings. The molecule has 1 unspecified atom stereocenters. The Hall–Kier alpha value is -2.25. The van der Waals surface area contributed by atoms with E-state index in [4.69, 9.17) is 9.47 Å². The van der Waals surface area contributed by atoms with Gasteiger partial charge < -0.3 is 14.4 Å². The third kappa shape index (κ3) is 3.17. The highest BCUT2D eigenvalue weighted by atomic mass is 16.6. The molecule has 1 aromatic carbocycles. The van der Waals surface area contributed by atoms with E-state index < -0.39 is 5.60 Å². The fourth-order valence-corrected chi connectivity index (χ4v) is 3.76. The Morgan fingerprint density at radius 3 is 2.88 bits per heavy atom. The second-order valence-electron chi connectivity index (χ2n) is 7.40. The SMILES string of the molecule is CC1(C)CN(C(=O)c2cccc(-n3cncn3)c2)CC2(CCOC2)O1. The molecule has 1 amide bonds. The van der Waals surface area contributed by atoms with Gasteiger partial charge in [0.15, 0.2) is 0 Å². The standard InChI is InChI=1S/C18H22N4O3/c1-17(2)9-21(10-18(25-17)6-7-24-11-18)16(23)14-4-3-5-15(8-14)22-13-19-12-20-22/h3-5,8,12-13H,6-7,9-11H2,1-2H3. The average Bonchev–Trinajstić information content (AvgIpc) is 3.25. The molecule has 1 atom stereocenters. The van der Waals surface area contributed by atoms with Crippen LogP contribution in [0, 0.1) is 0 Å². The lowest BCUT2D eigenvalue weighted by Crippen LogP contribution is -2.61. The highest BCUT2D eigenvalue weighted by Gasteiger charge is 2.48. The summed E-state index contributed by atoms with van der Waals surface area (Å²) in [5.74, 6) is 0.00427. The van der Waals surface area contributed by atoms with Crippen molar-refractivity contribution in [3.63, 3.8) is 0 Å². The molecule has 1 spiro atoms. The molecule has 0 radical (unpaired) electrons. The fourth-order valence-electron chi connectivity index (χ4n) is 3.76. The minimum absolute atomic E-state index is 0.00427. The van der Waals surface area contributed by atoms with Crippen LogP contribution in [0.2, 0.25) is 0 Å². The molecule has 3 heterocycles. The number of morpholine rings is 1. The minimum Gasteiger partial charge on any atom is -0.378 e. The van der Waals surface area contributed by atoms with Gasteiger partial charge in [0.1, 0.15) is 18.3 Å². The molecular formula is C18H22N4O3. The van der Waals surface area contributed by atoms with Gasteiger partial charge in [0.2, 0.25) is 0 Å². The molecule has 7 nitrogen and oxygen atoms in total. The molecule has 1 aromatic heterocycles. The maximum atomic E-state index is 13.1. The van der Waals surface area contributed by atoms with Crippen molar-refractivity contribution in [2.24, 2.45) is 0 Å². The quantitative estimate of drug-likeness (QED) is 0.830. The number of amides is 1. The number of rotatable bonds is 2. The molecule has 0 bridgehead atoms. The van der Waals surface area contributed by atoms with Gasteiger partial charge in [-0.2, -0.15) is 5.10 Å². The van der Waals surface area contributed by atoms with Gasteiger partial charge in [-0.05, 0) is 32.0 Å². The number of nitrogens with zero attached hydrogens (tertiary/aromatic N) is 4. The largest absolute Gasteiger partial charge is 0.378 e. The number of aromatic nitrogens is 3. The Morgan fingerprint density at radius 2 is 2.16 bits per heavy atom. The number of hydrogen-bond acceptors (Lipinski definition) is 5. The number of benzene rings is 1. The lowest BCUT2D eigenvalue weighted by Gasteiger charge is -2.48. The lowest BCUT2D eigenvalue weighted by atomic mass is 9.94. The van der Waals surface area contributed by atoms with Crippen molar-refractivity contribution in [2.75, 3.05) is 26.3 Å². The van der Waals surface area contributed by atoms with Crippen LogP contribution in [0.5, 0.6) is 0 Å². The van der Waals surface area contributed by atoms with Crippen LogP contribution in [0.1, 0.15) is 30.6 Å². The summed E-state index contributed by atoms with van der Waals surface area (Å²) in [7, 11) is 0. The van der Waals surface area contributed by atoms with Gasteiger partial charge in [0, 0.05) is 25.1 Å². The van der Waals surface area contributed by atoms with E-state index in [9.17, 15) is 4.79 Å². The van der Waals surface area contributed by atoms with E-state index >= 15 is 0 Å². The molecular weight excluding hydrogens is 320 g/mol. The second kappa shape index (κ2) is 5.93. The van der Waals surface area contributed by atoms with Crippen molar-refractivity contribution in [1.29, 1.82) is 0 Å². The van der Waals surface area contributed by atoms with Crippen molar-refractivity contribution < 1.29 is 14.3 Å². The summed E-state index contributed by atoms with van der Waals surface area (Å²) in [5.41, 5.74) is 0.668. The first kappa shape index (κ1) is 16.2. The summed E-state index contributed by atoms with van der Waals surface area (Å²) in [4.78, 5) is 19.0. The van der Waals surface area contributed by atoms with Crippen molar-refractivity contribution in [2.45, 2.75) is 31.5 Å². The summed E-state index contributed by atoms with van der Waals surface area (Å²) in [6.45, 7) is 6.39. The highest BCUT2D eigenvalue weighted by Crippen LogP contribution is 2.35. The van der Waals surface area contributed by atoms with Gasteiger partial charge in [0.25, 0.3) is 5.91 Å². The molecule has 4 rings (SSSR count). The maximum Gasteiger partial charge on any atom is 0.254 e. The summed E-state index contributed by atoms with van der Waals surface area (Å²) < 4.78 is 13.5. The van der Waals surface area contributed by atoms with E-state index in [0.29, 0.717) is 31.9 Å². The first-order chi connectivity index (χ1) is 12.0. The Kier molecular flexibility index (Phi) is 3.85. The van der Waals surface area contributed by atoms with E-state index in [1.54, 1.807) is 11.0 Å². The van der Waals surface area contributed by atoms with Crippen LogP contribution in [0.3, 0.4) is 0 Å². The third-order valence-electron chi connectivity index (χ3n) is 4.67. The zero-order valence-corrected chi connectivity index (χ0v) is 14.5. The van der Waals surface area contributed by atoms with Crippen LogP contribution < -0.4 is 0 Å².